The van der Waals surface area contributed by atoms with E-state index in [1.165, 1.54) is 5.56 Å². The molecule has 0 saturated heterocycles. The van der Waals surface area contributed by atoms with Crippen LogP contribution in [0.15, 0.2) is 18.2 Å². The van der Waals surface area contributed by atoms with Gasteiger partial charge >= 0.3 is 0 Å². The number of carbonyl (C=O) groups is 1. The number of benzene rings is 1. The van der Waals surface area contributed by atoms with Crippen LogP contribution in [0.1, 0.15) is 25.0 Å². The van der Waals surface area contributed by atoms with E-state index in [2.05, 4.69) is 37.1 Å². The maximum Gasteiger partial charge on any atom is 0.234 e. The number of nitrogens with two attached hydrogens (primary N) is 1. The van der Waals surface area contributed by atoms with Crippen molar-refractivity contribution in [2.45, 2.75) is 19.3 Å². The second-order valence-electron chi connectivity index (χ2n) is 5.17. The minimum absolute atomic E-state index is 0.00788. The zero-order chi connectivity index (χ0) is 13.9. The van der Waals surface area contributed by atoms with Crippen LogP contribution < -0.4 is 15.8 Å². The van der Waals surface area contributed by atoms with E-state index in [0.29, 0.717) is 13.2 Å². The van der Waals surface area contributed by atoms with Crippen molar-refractivity contribution in [3.05, 3.63) is 29.3 Å². The van der Waals surface area contributed by atoms with Gasteiger partial charge in [0.1, 0.15) is 5.75 Å². The fraction of sp³-hybridized carbons (Fsp3) is 0.400. The van der Waals surface area contributed by atoms with Gasteiger partial charge < -0.3 is 15.8 Å². The Kier molecular flexibility index (Phi) is 3.77. The molecule has 1 aromatic carbocycles. The second kappa shape index (κ2) is 5.33. The fourth-order valence-corrected chi connectivity index (χ4v) is 1.96. The molecule has 100 valence electrons. The molecule has 0 aromatic heterocycles. The number of fused-ring (bicyclic) bond motifs is 1. The highest BCUT2D eigenvalue weighted by molar-refractivity contribution is 5.77. The van der Waals surface area contributed by atoms with Gasteiger partial charge in [0.2, 0.25) is 5.91 Å². The lowest BCUT2D eigenvalue weighted by Gasteiger charge is -2.14. The smallest absolute Gasteiger partial charge is 0.234 e. The summed E-state index contributed by atoms with van der Waals surface area (Å²) in [6.45, 7) is 5.31. The van der Waals surface area contributed by atoms with E-state index in [1.54, 1.807) is 0 Å². The third-order valence-electron chi connectivity index (χ3n) is 3.09. The molecule has 0 atom stereocenters. The SMILES string of the molecule is CC1(C)COc2ccc(C#CCNC(=O)CN)cc21. The van der Waals surface area contributed by atoms with E-state index in [1.807, 2.05) is 12.1 Å². The lowest BCUT2D eigenvalue weighted by molar-refractivity contribution is -0.119. The predicted octanol–water partition coefficient (Wildman–Crippen LogP) is 0.783. The first-order valence-corrected chi connectivity index (χ1v) is 6.26. The summed E-state index contributed by atoms with van der Waals surface area (Å²) in [7, 11) is 0. The van der Waals surface area contributed by atoms with Gasteiger partial charge in [-0.3, -0.25) is 4.79 Å². The van der Waals surface area contributed by atoms with Gasteiger partial charge in [0, 0.05) is 16.5 Å². The molecule has 1 aliphatic rings. The van der Waals surface area contributed by atoms with Crippen molar-refractivity contribution in [1.82, 2.24) is 5.32 Å². The average Bonchev–Trinajstić information content (AvgIpc) is 2.70. The third kappa shape index (κ3) is 3.07. The molecule has 3 N–H and O–H groups in total. The van der Waals surface area contributed by atoms with E-state index in [0.717, 1.165) is 11.3 Å². The molecule has 0 spiro atoms. The summed E-state index contributed by atoms with van der Waals surface area (Å²) in [5, 5.41) is 2.61. The number of hydrogen-bond acceptors (Lipinski definition) is 3. The minimum Gasteiger partial charge on any atom is -0.492 e. The molecule has 2 rings (SSSR count). The summed E-state index contributed by atoms with van der Waals surface area (Å²) in [5.74, 6) is 6.68. The largest absolute Gasteiger partial charge is 0.492 e. The number of ether oxygens (including phenoxy) is 1. The van der Waals surface area contributed by atoms with Crippen LogP contribution in [-0.2, 0) is 10.2 Å². The van der Waals surface area contributed by atoms with Crippen molar-refractivity contribution < 1.29 is 9.53 Å². The highest BCUT2D eigenvalue weighted by atomic mass is 16.5. The van der Waals surface area contributed by atoms with Crippen molar-refractivity contribution in [3.8, 4) is 17.6 Å². The molecule has 0 saturated carbocycles. The Labute approximate surface area is 113 Å². The molecule has 0 radical (unpaired) electrons. The molecule has 4 heteroatoms. The first-order valence-electron chi connectivity index (χ1n) is 6.26. The summed E-state index contributed by atoms with van der Waals surface area (Å²) in [6.07, 6.45) is 0. The van der Waals surface area contributed by atoms with Crippen LogP contribution in [0, 0.1) is 11.8 Å². The highest BCUT2D eigenvalue weighted by Gasteiger charge is 2.31. The Balaban J connectivity index is 2.07. The van der Waals surface area contributed by atoms with E-state index >= 15 is 0 Å². The minimum atomic E-state index is -0.196. The van der Waals surface area contributed by atoms with Crippen LogP contribution in [-0.4, -0.2) is 25.6 Å². The van der Waals surface area contributed by atoms with Crippen molar-refractivity contribution in [2.24, 2.45) is 5.73 Å². The molecule has 0 bridgehead atoms. The quantitative estimate of drug-likeness (QED) is 0.771. The molecule has 4 nitrogen and oxygen atoms in total. The third-order valence-corrected chi connectivity index (χ3v) is 3.09. The Hall–Kier alpha value is -1.99. The van der Waals surface area contributed by atoms with Crippen LogP contribution in [0.5, 0.6) is 5.75 Å². The number of hydrogen-bond donors (Lipinski definition) is 2. The summed E-state index contributed by atoms with van der Waals surface area (Å²) in [5.41, 5.74) is 7.33. The topological polar surface area (TPSA) is 64.3 Å². The van der Waals surface area contributed by atoms with Gasteiger partial charge in [-0.25, -0.2) is 0 Å². The van der Waals surface area contributed by atoms with Gasteiger partial charge in [-0.2, -0.15) is 0 Å². The zero-order valence-corrected chi connectivity index (χ0v) is 11.2. The van der Waals surface area contributed by atoms with E-state index < -0.39 is 0 Å². The van der Waals surface area contributed by atoms with Gasteiger partial charge in [0.25, 0.3) is 0 Å². The molecule has 1 amide bonds. The van der Waals surface area contributed by atoms with E-state index in [4.69, 9.17) is 10.5 Å². The van der Waals surface area contributed by atoms with Crippen LogP contribution in [0.3, 0.4) is 0 Å². The standard InChI is InChI=1S/C15H18N2O2/c1-15(2)10-19-13-6-5-11(8-12(13)15)4-3-7-17-14(18)9-16/h5-6,8H,7,9-10,16H2,1-2H3,(H,17,18). The predicted molar refractivity (Wildman–Crippen MR) is 73.9 cm³/mol. The van der Waals surface area contributed by atoms with Gasteiger partial charge in [-0.15, -0.1) is 0 Å². The van der Waals surface area contributed by atoms with Crippen LogP contribution in [0.25, 0.3) is 0 Å². The zero-order valence-electron chi connectivity index (χ0n) is 11.2. The molecule has 0 unspecified atom stereocenters. The van der Waals surface area contributed by atoms with Gasteiger partial charge in [0.05, 0.1) is 19.7 Å². The molecular weight excluding hydrogens is 240 g/mol. The van der Waals surface area contributed by atoms with E-state index in [9.17, 15) is 4.79 Å². The number of rotatable bonds is 2. The summed E-state index contributed by atoms with van der Waals surface area (Å²) in [4.78, 5) is 10.9. The molecule has 0 aliphatic carbocycles. The summed E-state index contributed by atoms with van der Waals surface area (Å²) >= 11 is 0. The molecule has 1 aromatic rings. The normalized spacial score (nSPS) is 14.9. The van der Waals surface area contributed by atoms with Crippen LogP contribution >= 0.6 is 0 Å². The first kappa shape index (κ1) is 13.4. The second-order valence-corrected chi connectivity index (χ2v) is 5.17. The molecule has 0 fully saturated rings. The number of amides is 1. The van der Waals surface area contributed by atoms with Gasteiger partial charge in [-0.05, 0) is 18.2 Å². The van der Waals surface area contributed by atoms with Crippen LogP contribution in [0.4, 0.5) is 0 Å². The highest BCUT2D eigenvalue weighted by Crippen LogP contribution is 2.38. The monoisotopic (exact) mass is 258 g/mol. The Bertz CT molecular complexity index is 553. The Morgan fingerprint density at radius 3 is 3.05 bits per heavy atom. The molecular formula is C15H18N2O2. The van der Waals surface area contributed by atoms with Gasteiger partial charge in [-0.1, -0.05) is 25.7 Å². The maximum absolute atomic E-state index is 10.9. The molecule has 19 heavy (non-hydrogen) atoms. The molecule has 1 heterocycles. The van der Waals surface area contributed by atoms with E-state index in [-0.39, 0.29) is 17.9 Å². The Morgan fingerprint density at radius 1 is 1.53 bits per heavy atom. The number of nitrogens with one attached hydrogen (secondary N) is 1. The lowest BCUT2D eigenvalue weighted by Crippen LogP contribution is -2.30. The first-order chi connectivity index (χ1) is 9.03. The maximum atomic E-state index is 10.9. The average molecular weight is 258 g/mol. The Morgan fingerprint density at radius 2 is 2.32 bits per heavy atom. The van der Waals surface area contributed by atoms with Crippen LogP contribution in [0.2, 0.25) is 0 Å². The fourth-order valence-electron chi connectivity index (χ4n) is 1.96. The van der Waals surface area contributed by atoms with Crippen molar-refractivity contribution in [2.75, 3.05) is 19.7 Å². The summed E-state index contributed by atoms with van der Waals surface area (Å²) in [6, 6.07) is 5.94. The lowest BCUT2D eigenvalue weighted by atomic mass is 9.86. The van der Waals surface area contributed by atoms with Crippen molar-refractivity contribution >= 4 is 5.91 Å². The summed E-state index contributed by atoms with van der Waals surface area (Å²) < 4.78 is 5.62. The number of carbonyl (C=O) groups excluding carboxylic acids is 1. The van der Waals surface area contributed by atoms with Crippen molar-refractivity contribution in [1.29, 1.82) is 0 Å². The van der Waals surface area contributed by atoms with Crippen molar-refractivity contribution in [3.63, 3.8) is 0 Å². The molecule has 1 aliphatic heterocycles. The van der Waals surface area contributed by atoms with Gasteiger partial charge in [0.15, 0.2) is 0 Å².